The topological polar surface area (TPSA) is 51.6 Å². The highest BCUT2D eigenvalue weighted by Gasteiger charge is 2.12. The number of pyridine rings is 1. The van der Waals surface area contributed by atoms with Crippen LogP contribution in [0.2, 0.25) is 5.15 Å². The van der Waals surface area contributed by atoms with Crippen molar-refractivity contribution in [3.63, 3.8) is 0 Å². The summed E-state index contributed by atoms with van der Waals surface area (Å²) >= 11 is 6.02. The lowest BCUT2D eigenvalue weighted by Gasteiger charge is -2.12. The molecular weight excluding hydrogens is 254 g/mol. The molecule has 1 aromatic heterocycles. The molecule has 0 saturated carbocycles. The molecule has 0 aliphatic rings. The third-order valence-corrected chi connectivity index (χ3v) is 3.05. The first kappa shape index (κ1) is 12.9. The van der Waals surface area contributed by atoms with Crippen LogP contribution in [0.4, 0.5) is 0 Å². The Morgan fingerprint density at radius 3 is 2.33 bits per heavy atom. The molecule has 1 aromatic carbocycles. The zero-order valence-electron chi connectivity index (χ0n) is 10.4. The predicted molar refractivity (Wildman–Crippen MR) is 70.5 cm³/mol. The van der Waals surface area contributed by atoms with E-state index in [0.29, 0.717) is 27.7 Å². The zero-order chi connectivity index (χ0) is 13.3. The average Bonchev–Trinajstić information content (AvgIpc) is 2.36. The van der Waals surface area contributed by atoms with Gasteiger partial charge in [0.2, 0.25) is 0 Å². The number of hydrogen-bond donors (Lipinski definition) is 1. The lowest BCUT2D eigenvalue weighted by atomic mass is 10.1. The molecule has 1 N–H and O–H groups in total. The van der Waals surface area contributed by atoms with E-state index in [2.05, 4.69) is 4.98 Å². The van der Waals surface area contributed by atoms with E-state index in [4.69, 9.17) is 21.1 Å². The Kier molecular flexibility index (Phi) is 3.59. The van der Waals surface area contributed by atoms with Crippen molar-refractivity contribution in [2.24, 2.45) is 0 Å². The first-order valence-electron chi connectivity index (χ1n) is 5.47. The van der Waals surface area contributed by atoms with Crippen LogP contribution in [0.15, 0.2) is 18.2 Å². The number of rotatable bonds is 3. The zero-order valence-corrected chi connectivity index (χ0v) is 11.2. The van der Waals surface area contributed by atoms with Crippen molar-refractivity contribution in [3.05, 3.63) is 28.9 Å². The number of aliphatic hydroxyl groups is 1. The second-order valence-electron chi connectivity index (χ2n) is 3.94. The molecule has 0 fully saturated rings. The van der Waals surface area contributed by atoms with E-state index >= 15 is 0 Å². The number of hydrogen-bond acceptors (Lipinski definition) is 4. The summed E-state index contributed by atoms with van der Waals surface area (Å²) in [4.78, 5) is 4.25. The van der Waals surface area contributed by atoms with Gasteiger partial charge in [0.25, 0.3) is 0 Å². The molecule has 18 heavy (non-hydrogen) atoms. The van der Waals surface area contributed by atoms with Crippen LogP contribution in [0, 0.1) is 0 Å². The number of halogens is 1. The fraction of sp³-hybridized carbons (Fsp3) is 0.308. The summed E-state index contributed by atoms with van der Waals surface area (Å²) in [5, 5.41) is 10.7. The molecule has 0 saturated heterocycles. The summed E-state index contributed by atoms with van der Waals surface area (Å²) < 4.78 is 10.4. The summed E-state index contributed by atoms with van der Waals surface area (Å²) in [7, 11) is 3.14. The number of fused-ring (bicyclic) bond motifs is 1. The standard InChI is InChI=1S/C13H14ClNO3/c1-7(16)9-4-8-5-11(17-2)12(18-3)6-10(8)15-13(9)14/h4-7,16H,1-3H3. The lowest BCUT2D eigenvalue weighted by molar-refractivity contribution is 0.199. The van der Waals surface area contributed by atoms with E-state index in [1.54, 1.807) is 33.3 Å². The van der Waals surface area contributed by atoms with E-state index in [9.17, 15) is 5.11 Å². The first-order chi connectivity index (χ1) is 8.56. The quantitative estimate of drug-likeness (QED) is 0.869. The minimum Gasteiger partial charge on any atom is -0.493 e. The molecule has 0 amide bonds. The minimum atomic E-state index is -0.664. The molecule has 0 radical (unpaired) electrons. The fourth-order valence-corrected chi connectivity index (χ4v) is 2.09. The maximum absolute atomic E-state index is 9.61. The third kappa shape index (κ3) is 2.21. The molecule has 0 aliphatic heterocycles. The summed E-state index contributed by atoms with van der Waals surface area (Å²) in [5.74, 6) is 1.21. The molecule has 1 unspecified atom stereocenters. The highest BCUT2D eigenvalue weighted by Crippen LogP contribution is 2.34. The second-order valence-corrected chi connectivity index (χ2v) is 4.30. The van der Waals surface area contributed by atoms with Crippen molar-refractivity contribution in [1.82, 2.24) is 4.98 Å². The Labute approximate surface area is 110 Å². The van der Waals surface area contributed by atoms with Crippen LogP contribution in [0.3, 0.4) is 0 Å². The highest BCUT2D eigenvalue weighted by molar-refractivity contribution is 6.30. The van der Waals surface area contributed by atoms with Crippen molar-refractivity contribution in [3.8, 4) is 11.5 Å². The molecule has 5 heteroatoms. The van der Waals surface area contributed by atoms with Crippen molar-refractivity contribution in [2.45, 2.75) is 13.0 Å². The molecule has 0 bridgehead atoms. The van der Waals surface area contributed by atoms with Gasteiger partial charge in [-0.05, 0) is 19.1 Å². The molecule has 1 heterocycles. The van der Waals surface area contributed by atoms with Gasteiger partial charge in [-0.1, -0.05) is 11.6 Å². The van der Waals surface area contributed by atoms with Crippen molar-refractivity contribution < 1.29 is 14.6 Å². The molecule has 4 nitrogen and oxygen atoms in total. The Bertz CT molecular complexity index is 584. The summed E-state index contributed by atoms with van der Waals surface area (Å²) in [5.41, 5.74) is 1.29. The monoisotopic (exact) mass is 267 g/mol. The number of ether oxygens (including phenoxy) is 2. The summed E-state index contributed by atoms with van der Waals surface area (Å²) in [6.07, 6.45) is -0.664. The number of aliphatic hydroxyl groups excluding tert-OH is 1. The maximum Gasteiger partial charge on any atom is 0.162 e. The van der Waals surface area contributed by atoms with Gasteiger partial charge in [0.1, 0.15) is 5.15 Å². The van der Waals surface area contributed by atoms with Gasteiger partial charge >= 0.3 is 0 Å². The van der Waals surface area contributed by atoms with Gasteiger partial charge < -0.3 is 14.6 Å². The van der Waals surface area contributed by atoms with Crippen molar-refractivity contribution in [1.29, 1.82) is 0 Å². The van der Waals surface area contributed by atoms with Crippen LogP contribution in [0.5, 0.6) is 11.5 Å². The molecule has 0 spiro atoms. The molecule has 0 aliphatic carbocycles. The number of methoxy groups -OCH3 is 2. The van der Waals surface area contributed by atoms with Gasteiger partial charge in [0.05, 0.1) is 25.8 Å². The van der Waals surface area contributed by atoms with Gasteiger partial charge in [-0.25, -0.2) is 4.98 Å². The Balaban J connectivity index is 2.70. The van der Waals surface area contributed by atoms with Crippen LogP contribution in [-0.2, 0) is 0 Å². The number of benzene rings is 1. The smallest absolute Gasteiger partial charge is 0.162 e. The highest BCUT2D eigenvalue weighted by atomic mass is 35.5. The van der Waals surface area contributed by atoms with Crippen LogP contribution >= 0.6 is 11.6 Å². The van der Waals surface area contributed by atoms with Crippen LogP contribution < -0.4 is 9.47 Å². The van der Waals surface area contributed by atoms with Gasteiger partial charge in [0, 0.05) is 17.0 Å². The van der Waals surface area contributed by atoms with E-state index in [1.165, 1.54) is 0 Å². The Morgan fingerprint density at radius 1 is 1.17 bits per heavy atom. The molecule has 2 aromatic rings. The SMILES string of the molecule is COc1cc2cc(C(C)O)c(Cl)nc2cc1OC. The third-order valence-electron chi connectivity index (χ3n) is 2.75. The van der Waals surface area contributed by atoms with Gasteiger partial charge in [-0.15, -0.1) is 0 Å². The molecule has 2 rings (SSSR count). The number of nitrogens with zero attached hydrogens (tertiary/aromatic N) is 1. The minimum absolute atomic E-state index is 0.296. The molecule has 1 atom stereocenters. The second kappa shape index (κ2) is 5.00. The van der Waals surface area contributed by atoms with Crippen LogP contribution in [-0.4, -0.2) is 24.3 Å². The maximum atomic E-state index is 9.61. The molecular formula is C13H14ClNO3. The fourth-order valence-electron chi connectivity index (χ4n) is 1.79. The van der Waals surface area contributed by atoms with E-state index in [0.717, 1.165) is 5.39 Å². The van der Waals surface area contributed by atoms with Crippen molar-refractivity contribution in [2.75, 3.05) is 14.2 Å². The van der Waals surface area contributed by atoms with E-state index in [1.807, 2.05) is 6.07 Å². The number of aromatic nitrogens is 1. The first-order valence-corrected chi connectivity index (χ1v) is 5.85. The molecule has 96 valence electrons. The predicted octanol–water partition coefficient (Wildman–Crippen LogP) is 2.96. The lowest BCUT2D eigenvalue weighted by Crippen LogP contribution is -1.97. The summed E-state index contributed by atoms with van der Waals surface area (Å²) in [6.45, 7) is 1.65. The van der Waals surface area contributed by atoms with Gasteiger partial charge in [-0.2, -0.15) is 0 Å². The van der Waals surface area contributed by atoms with E-state index in [-0.39, 0.29) is 0 Å². The van der Waals surface area contributed by atoms with Crippen LogP contribution in [0.1, 0.15) is 18.6 Å². The van der Waals surface area contributed by atoms with Gasteiger partial charge in [-0.3, -0.25) is 0 Å². The normalized spacial score (nSPS) is 12.5. The largest absolute Gasteiger partial charge is 0.493 e. The van der Waals surface area contributed by atoms with Gasteiger partial charge in [0.15, 0.2) is 11.5 Å². The Hall–Kier alpha value is -1.52. The Morgan fingerprint density at radius 2 is 1.78 bits per heavy atom. The van der Waals surface area contributed by atoms with E-state index < -0.39 is 6.10 Å². The average molecular weight is 268 g/mol. The van der Waals surface area contributed by atoms with Crippen molar-refractivity contribution >= 4 is 22.5 Å². The summed E-state index contributed by atoms with van der Waals surface area (Å²) in [6, 6.07) is 5.37. The van der Waals surface area contributed by atoms with Crippen LogP contribution in [0.25, 0.3) is 10.9 Å².